The topological polar surface area (TPSA) is 35.5 Å². The SMILES string of the molecule is CCC(CCOC=O)OC. The first-order chi connectivity index (χ1) is 4.85. The monoisotopic (exact) mass is 146 g/mol. The smallest absolute Gasteiger partial charge is 0.293 e. The van der Waals surface area contributed by atoms with Crippen LogP contribution >= 0.6 is 0 Å². The summed E-state index contributed by atoms with van der Waals surface area (Å²) in [6, 6.07) is 0. The van der Waals surface area contributed by atoms with Crippen LogP contribution in [0.5, 0.6) is 0 Å². The second-order valence-corrected chi connectivity index (χ2v) is 2.02. The predicted octanol–water partition coefficient (Wildman–Crippen LogP) is 0.975. The number of hydrogen-bond acceptors (Lipinski definition) is 3. The lowest BCUT2D eigenvalue weighted by atomic mass is 10.2. The van der Waals surface area contributed by atoms with Crippen LogP contribution in [0.3, 0.4) is 0 Å². The number of carbonyl (C=O) groups is 1. The van der Waals surface area contributed by atoms with Crippen molar-refractivity contribution >= 4 is 6.47 Å². The van der Waals surface area contributed by atoms with Crippen molar-refractivity contribution in [1.29, 1.82) is 0 Å². The summed E-state index contributed by atoms with van der Waals surface area (Å²) >= 11 is 0. The maximum atomic E-state index is 9.70. The van der Waals surface area contributed by atoms with E-state index in [9.17, 15) is 4.79 Å². The van der Waals surface area contributed by atoms with Crippen molar-refractivity contribution < 1.29 is 14.3 Å². The van der Waals surface area contributed by atoms with Gasteiger partial charge in [-0.15, -0.1) is 0 Å². The van der Waals surface area contributed by atoms with Crippen LogP contribution in [0.25, 0.3) is 0 Å². The normalized spacial score (nSPS) is 12.6. The molecule has 0 aromatic heterocycles. The Morgan fingerprint density at radius 3 is 2.70 bits per heavy atom. The summed E-state index contributed by atoms with van der Waals surface area (Å²) in [6.07, 6.45) is 1.96. The van der Waals surface area contributed by atoms with Crippen LogP contribution in [0.1, 0.15) is 19.8 Å². The Morgan fingerprint density at radius 2 is 2.30 bits per heavy atom. The van der Waals surface area contributed by atoms with Crippen LogP contribution in [0.15, 0.2) is 0 Å². The third kappa shape index (κ3) is 4.32. The molecule has 0 aliphatic heterocycles. The zero-order chi connectivity index (χ0) is 7.82. The van der Waals surface area contributed by atoms with Crippen LogP contribution in [-0.4, -0.2) is 26.3 Å². The van der Waals surface area contributed by atoms with E-state index in [1.807, 2.05) is 6.92 Å². The summed E-state index contributed by atoms with van der Waals surface area (Å²) in [6.45, 7) is 2.95. The second-order valence-electron chi connectivity index (χ2n) is 2.02. The van der Waals surface area contributed by atoms with E-state index in [0.29, 0.717) is 13.1 Å². The van der Waals surface area contributed by atoms with Gasteiger partial charge in [0, 0.05) is 13.5 Å². The molecule has 0 aromatic carbocycles. The Morgan fingerprint density at radius 1 is 1.60 bits per heavy atom. The van der Waals surface area contributed by atoms with Crippen molar-refractivity contribution in [3.05, 3.63) is 0 Å². The van der Waals surface area contributed by atoms with Gasteiger partial charge in [-0.1, -0.05) is 6.92 Å². The minimum absolute atomic E-state index is 0.222. The van der Waals surface area contributed by atoms with Crippen molar-refractivity contribution in [1.82, 2.24) is 0 Å². The Kier molecular flexibility index (Phi) is 6.18. The molecule has 0 saturated carbocycles. The minimum atomic E-state index is 0.222. The third-order valence-corrected chi connectivity index (χ3v) is 1.41. The molecule has 1 atom stereocenters. The van der Waals surface area contributed by atoms with E-state index in [4.69, 9.17) is 4.74 Å². The second kappa shape index (κ2) is 6.55. The highest BCUT2D eigenvalue weighted by atomic mass is 16.5. The summed E-state index contributed by atoms with van der Waals surface area (Å²) in [7, 11) is 1.66. The van der Waals surface area contributed by atoms with Gasteiger partial charge in [0.05, 0.1) is 12.7 Å². The van der Waals surface area contributed by atoms with Gasteiger partial charge in [-0.3, -0.25) is 4.79 Å². The average Bonchev–Trinajstić information content (AvgIpc) is 1.99. The van der Waals surface area contributed by atoms with Gasteiger partial charge in [0.15, 0.2) is 0 Å². The molecule has 0 heterocycles. The first-order valence-corrected chi connectivity index (χ1v) is 3.43. The molecule has 0 rings (SSSR count). The van der Waals surface area contributed by atoms with Crippen molar-refractivity contribution in [2.24, 2.45) is 0 Å². The first-order valence-electron chi connectivity index (χ1n) is 3.43. The Balaban J connectivity index is 3.16. The molecule has 60 valence electrons. The molecule has 0 bridgehead atoms. The molecule has 0 aliphatic carbocycles. The number of hydrogen-bond donors (Lipinski definition) is 0. The quantitative estimate of drug-likeness (QED) is 0.414. The largest absolute Gasteiger partial charge is 0.468 e. The molecule has 0 amide bonds. The molecule has 1 unspecified atom stereocenters. The van der Waals surface area contributed by atoms with Crippen LogP contribution in [-0.2, 0) is 14.3 Å². The molecule has 10 heavy (non-hydrogen) atoms. The molecule has 3 heteroatoms. The van der Waals surface area contributed by atoms with Gasteiger partial charge in [0.2, 0.25) is 0 Å². The van der Waals surface area contributed by atoms with Crippen molar-refractivity contribution in [3.63, 3.8) is 0 Å². The van der Waals surface area contributed by atoms with Crippen molar-refractivity contribution in [2.75, 3.05) is 13.7 Å². The first kappa shape index (κ1) is 9.43. The molecule has 0 saturated heterocycles. The fourth-order valence-corrected chi connectivity index (χ4v) is 0.736. The molecule has 3 nitrogen and oxygen atoms in total. The highest BCUT2D eigenvalue weighted by Gasteiger charge is 2.02. The van der Waals surface area contributed by atoms with Crippen LogP contribution in [0.4, 0.5) is 0 Å². The minimum Gasteiger partial charge on any atom is -0.468 e. The fraction of sp³-hybridized carbons (Fsp3) is 0.857. The van der Waals surface area contributed by atoms with Crippen molar-refractivity contribution in [2.45, 2.75) is 25.9 Å². The average molecular weight is 146 g/mol. The number of rotatable bonds is 6. The van der Waals surface area contributed by atoms with E-state index in [1.165, 1.54) is 0 Å². The number of ether oxygens (including phenoxy) is 2. The Labute approximate surface area is 61.3 Å². The van der Waals surface area contributed by atoms with Gasteiger partial charge in [-0.25, -0.2) is 0 Å². The van der Waals surface area contributed by atoms with Crippen molar-refractivity contribution in [3.8, 4) is 0 Å². The number of carbonyl (C=O) groups excluding carboxylic acids is 1. The van der Waals surface area contributed by atoms with Crippen LogP contribution in [0.2, 0.25) is 0 Å². The lowest BCUT2D eigenvalue weighted by Crippen LogP contribution is -2.11. The zero-order valence-corrected chi connectivity index (χ0v) is 6.50. The van der Waals surface area contributed by atoms with E-state index in [0.717, 1.165) is 12.8 Å². The summed E-state index contributed by atoms with van der Waals surface area (Å²) in [5, 5.41) is 0. The number of methoxy groups -OCH3 is 1. The van der Waals surface area contributed by atoms with Gasteiger partial charge >= 0.3 is 0 Å². The summed E-state index contributed by atoms with van der Waals surface area (Å²) in [5.41, 5.74) is 0. The molecule has 0 spiro atoms. The molecule has 0 radical (unpaired) electrons. The maximum Gasteiger partial charge on any atom is 0.293 e. The molecular weight excluding hydrogens is 132 g/mol. The van der Waals surface area contributed by atoms with E-state index in [1.54, 1.807) is 7.11 Å². The van der Waals surface area contributed by atoms with E-state index in [2.05, 4.69) is 4.74 Å². The highest BCUT2D eigenvalue weighted by Crippen LogP contribution is 2.00. The van der Waals surface area contributed by atoms with Crippen LogP contribution < -0.4 is 0 Å². The Bertz CT molecular complexity index is 78.9. The zero-order valence-electron chi connectivity index (χ0n) is 6.50. The highest BCUT2D eigenvalue weighted by molar-refractivity contribution is 5.36. The maximum absolute atomic E-state index is 9.70. The lowest BCUT2D eigenvalue weighted by Gasteiger charge is -2.10. The third-order valence-electron chi connectivity index (χ3n) is 1.41. The predicted molar refractivity (Wildman–Crippen MR) is 37.7 cm³/mol. The van der Waals surface area contributed by atoms with Gasteiger partial charge in [-0.05, 0) is 6.42 Å². The summed E-state index contributed by atoms with van der Waals surface area (Å²) in [5.74, 6) is 0. The molecule has 0 fully saturated rings. The standard InChI is InChI=1S/C7H14O3/c1-3-7(9-2)4-5-10-6-8/h6-7H,3-5H2,1-2H3. The Hall–Kier alpha value is -0.570. The van der Waals surface area contributed by atoms with E-state index >= 15 is 0 Å². The van der Waals surface area contributed by atoms with Gasteiger partial charge in [0.25, 0.3) is 6.47 Å². The molecular formula is C7H14O3. The van der Waals surface area contributed by atoms with Gasteiger partial charge in [0.1, 0.15) is 0 Å². The lowest BCUT2D eigenvalue weighted by molar-refractivity contribution is -0.129. The molecule has 0 aliphatic rings. The van der Waals surface area contributed by atoms with Crippen LogP contribution in [0, 0.1) is 0 Å². The van der Waals surface area contributed by atoms with E-state index < -0.39 is 0 Å². The molecule has 0 aromatic rings. The van der Waals surface area contributed by atoms with Gasteiger partial charge < -0.3 is 9.47 Å². The van der Waals surface area contributed by atoms with E-state index in [-0.39, 0.29) is 6.10 Å². The summed E-state index contributed by atoms with van der Waals surface area (Å²) < 4.78 is 9.56. The van der Waals surface area contributed by atoms with Gasteiger partial charge in [-0.2, -0.15) is 0 Å². The molecule has 0 N–H and O–H groups in total. The fourth-order valence-electron chi connectivity index (χ4n) is 0.736. The summed E-state index contributed by atoms with van der Waals surface area (Å²) in [4.78, 5) is 9.70.